The summed E-state index contributed by atoms with van der Waals surface area (Å²) in [6.07, 6.45) is 5.62. The monoisotopic (exact) mass is 347 g/mol. The molecule has 0 radical (unpaired) electrons. The van der Waals surface area contributed by atoms with Gasteiger partial charge in [0.25, 0.3) is 0 Å². The molecule has 1 aromatic heterocycles. The maximum atomic E-state index is 12.8. The number of rotatable bonds is 4. The molecule has 1 aromatic rings. The first-order valence-corrected chi connectivity index (χ1v) is 9.10. The SMILES string of the molecule is CN(C)C[C@@]1(O)CCCN(C(=O)Nc2cccnc2N2CCCC2)C1. The highest BCUT2D eigenvalue weighted by Crippen LogP contribution is 2.27. The number of β-amino-alcohol motifs (C(OH)–C–C–N with tert-alkyl or cyclic N) is 1. The van der Waals surface area contributed by atoms with E-state index >= 15 is 0 Å². The summed E-state index contributed by atoms with van der Waals surface area (Å²) in [6.45, 7) is 3.54. The van der Waals surface area contributed by atoms with E-state index in [0.717, 1.165) is 50.3 Å². The molecule has 0 aliphatic carbocycles. The molecule has 3 heterocycles. The van der Waals surface area contributed by atoms with Crippen LogP contribution in [0.5, 0.6) is 0 Å². The number of amides is 2. The third kappa shape index (κ3) is 4.41. The molecule has 3 rings (SSSR count). The second-order valence-corrected chi connectivity index (χ2v) is 7.49. The molecule has 2 N–H and O–H groups in total. The van der Waals surface area contributed by atoms with Crippen LogP contribution >= 0.6 is 0 Å². The maximum absolute atomic E-state index is 12.8. The summed E-state index contributed by atoms with van der Waals surface area (Å²) in [4.78, 5) is 23.1. The predicted molar refractivity (Wildman–Crippen MR) is 99.0 cm³/mol. The topological polar surface area (TPSA) is 71.9 Å². The van der Waals surface area contributed by atoms with Crippen molar-refractivity contribution in [3.63, 3.8) is 0 Å². The first kappa shape index (κ1) is 17.9. The fourth-order valence-corrected chi connectivity index (χ4v) is 3.87. The zero-order valence-corrected chi connectivity index (χ0v) is 15.2. The lowest BCUT2D eigenvalue weighted by Crippen LogP contribution is -2.55. The average Bonchev–Trinajstić information content (AvgIpc) is 3.08. The van der Waals surface area contributed by atoms with Gasteiger partial charge in [-0.2, -0.15) is 0 Å². The summed E-state index contributed by atoms with van der Waals surface area (Å²) in [7, 11) is 3.88. The standard InChI is InChI=1S/C18H29N5O2/c1-21(2)13-18(25)8-6-12-23(14-18)17(24)20-15-7-5-9-19-16(15)22-10-3-4-11-22/h5,7,9,25H,3-4,6,8,10-14H2,1-2H3,(H,20,24)/t18-/m0/s1. The molecule has 0 aromatic carbocycles. The number of anilines is 2. The van der Waals surface area contributed by atoms with E-state index in [1.165, 1.54) is 0 Å². The molecule has 0 unspecified atom stereocenters. The third-order valence-electron chi connectivity index (χ3n) is 4.89. The number of piperidine rings is 1. The van der Waals surface area contributed by atoms with Crippen molar-refractivity contribution in [2.45, 2.75) is 31.3 Å². The summed E-state index contributed by atoms with van der Waals surface area (Å²) in [5.41, 5.74) is -0.0950. The normalized spacial score (nSPS) is 24.0. The first-order valence-electron chi connectivity index (χ1n) is 9.10. The number of nitrogens with one attached hydrogen (secondary N) is 1. The van der Waals surface area contributed by atoms with Crippen LogP contribution in [-0.4, -0.2) is 78.3 Å². The van der Waals surface area contributed by atoms with Crippen LogP contribution in [0.2, 0.25) is 0 Å². The van der Waals surface area contributed by atoms with Gasteiger partial charge < -0.3 is 25.1 Å². The van der Waals surface area contributed by atoms with E-state index < -0.39 is 5.60 Å². The van der Waals surface area contributed by atoms with Gasteiger partial charge in [0.1, 0.15) is 0 Å². The largest absolute Gasteiger partial charge is 0.387 e. The quantitative estimate of drug-likeness (QED) is 0.866. The fraction of sp³-hybridized carbons (Fsp3) is 0.667. The highest BCUT2D eigenvalue weighted by Gasteiger charge is 2.35. The zero-order valence-electron chi connectivity index (χ0n) is 15.2. The minimum atomic E-state index is -0.841. The minimum Gasteiger partial charge on any atom is -0.387 e. The van der Waals surface area contributed by atoms with Gasteiger partial charge in [0.15, 0.2) is 5.82 Å². The summed E-state index contributed by atoms with van der Waals surface area (Å²) < 4.78 is 0. The summed E-state index contributed by atoms with van der Waals surface area (Å²) in [5, 5.41) is 13.8. The Labute approximate surface area is 149 Å². The number of nitrogens with zero attached hydrogens (tertiary/aromatic N) is 4. The summed E-state index contributed by atoms with van der Waals surface area (Å²) in [5.74, 6) is 0.842. The van der Waals surface area contributed by atoms with Gasteiger partial charge in [-0.3, -0.25) is 0 Å². The smallest absolute Gasteiger partial charge is 0.322 e. The van der Waals surface area contributed by atoms with Crippen molar-refractivity contribution in [1.29, 1.82) is 0 Å². The van der Waals surface area contributed by atoms with E-state index in [1.807, 2.05) is 31.1 Å². The van der Waals surface area contributed by atoms with Crippen molar-refractivity contribution in [3.05, 3.63) is 18.3 Å². The van der Waals surface area contributed by atoms with Crippen molar-refractivity contribution in [2.75, 3.05) is 57.0 Å². The molecule has 7 nitrogen and oxygen atoms in total. The highest BCUT2D eigenvalue weighted by molar-refractivity contribution is 5.92. The minimum absolute atomic E-state index is 0.162. The zero-order chi connectivity index (χ0) is 17.9. The van der Waals surface area contributed by atoms with E-state index in [-0.39, 0.29) is 6.03 Å². The van der Waals surface area contributed by atoms with E-state index in [1.54, 1.807) is 11.1 Å². The second-order valence-electron chi connectivity index (χ2n) is 7.49. The maximum Gasteiger partial charge on any atom is 0.322 e. The van der Waals surface area contributed by atoms with Crippen molar-refractivity contribution < 1.29 is 9.90 Å². The van der Waals surface area contributed by atoms with Gasteiger partial charge in [0, 0.05) is 32.4 Å². The van der Waals surface area contributed by atoms with Crippen LogP contribution in [0.25, 0.3) is 0 Å². The van der Waals surface area contributed by atoms with Gasteiger partial charge >= 0.3 is 6.03 Å². The molecule has 1 atom stereocenters. The number of urea groups is 1. The van der Waals surface area contributed by atoms with Crippen LogP contribution in [0.3, 0.4) is 0 Å². The van der Waals surface area contributed by atoms with Crippen molar-refractivity contribution in [1.82, 2.24) is 14.8 Å². The Morgan fingerprint density at radius 3 is 2.80 bits per heavy atom. The summed E-state index contributed by atoms with van der Waals surface area (Å²) in [6, 6.07) is 3.58. The number of aliphatic hydroxyl groups is 1. The Balaban J connectivity index is 1.68. The van der Waals surface area contributed by atoms with Crippen LogP contribution in [0, 0.1) is 0 Å². The number of hydrogen-bond acceptors (Lipinski definition) is 5. The van der Waals surface area contributed by atoms with Gasteiger partial charge in [0.2, 0.25) is 0 Å². The van der Waals surface area contributed by atoms with Crippen LogP contribution in [0.1, 0.15) is 25.7 Å². The first-order chi connectivity index (χ1) is 12.0. The number of hydrogen-bond donors (Lipinski definition) is 2. The van der Waals surface area contributed by atoms with Gasteiger partial charge in [-0.1, -0.05) is 0 Å². The lowest BCUT2D eigenvalue weighted by Gasteiger charge is -2.40. The van der Waals surface area contributed by atoms with E-state index in [0.29, 0.717) is 19.6 Å². The number of likely N-dealkylation sites (tertiary alicyclic amines) is 1. The molecule has 2 aliphatic heterocycles. The number of pyridine rings is 1. The highest BCUT2D eigenvalue weighted by atomic mass is 16.3. The number of carbonyl (C=O) groups excluding carboxylic acids is 1. The van der Waals surface area contributed by atoms with Crippen LogP contribution in [0.15, 0.2) is 18.3 Å². The lowest BCUT2D eigenvalue weighted by molar-refractivity contribution is -0.0333. The Morgan fingerprint density at radius 2 is 2.08 bits per heavy atom. The Kier molecular flexibility index (Phi) is 5.44. The lowest BCUT2D eigenvalue weighted by atomic mass is 9.92. The van der Waals surface area contributed by atoms with Crippen molar-refractivity contribution >= 4 is 17.5 Å². The van der Waals surface area contributed by atoms with E-state index in [4.69, 9.17) is 0 Å². The molecule has 0 bridgehead atoms. The van der Waals surface area contributed by atoms with E-state index in [2.05, 4.69) is 15.2 Å². The molecular weight excluding hydrogens is 318 g/mol. The van der Waals surface area contributed by atoms with Crippen LogP contribution in [-0.2, 0) is 0 Å². The molecule has 0 saturated carbocycles. The molecule has 2 aliphatic rings. The molecule has 2 amide bonds. The molecular formula is C18H29N5O2. The van der Waals surface area contributed by atoms with Crippen molar-refractivity contribution in [3.8, 4) is 0 Å². The molecule has 2 fully saturated rings. The summed E-state index contributed by atoms with van der Waals surface area (Å²) >= 11 is 0. The van der Waals surface area contributed by atoms with Crippen molar-refractivity contribution in [2.24, 2.45) is 0 Å². The number of likely N-dealkylation sites (N-methyl/N-ethyl adjacent to an activating group) is 1. The Morgan fingerprint density at radius 1 is 1.32 bits per heavy atom. The van der Waals surface area contributed by atoms with Gasteiger partial charge in [0.05, 0.1) is 17.8 Å². The van der Waals surface area contributed by atoms with Crippen LogP contribution < -0.4 is 10.2 Å². The van der Waals surface area contributed by atoms with Crippen LogP contribution in [0.4, 0.5) is 16.3 Å². The Hall–Kier alpha value is -1.86. The van der Waals surface area contributed by atoms with Gasteiger partial charge in [-0.15, -0.1) is 0 Å². The molecule has 2 saturated heterocycles. The average molecular weight is 347 g/mol. The van der Waals surface area contributed by atoms with Gasteiger partial charge in [-0.05, 0) is 51.9 Å². The number of aromatic nitrogens is 1. The fourth-order valence-electron chi connectivity index (χ4n) is 3.87. The predicted octanol–water partition coefficient (Wildman–Crippen LogP) is 1.60. The van der Waals surface area contributed by atoms with Gasteiger partial charge in [-0.25, -0.2) is 9.78 Å². The molecule has 25 heavy (non-hydrogen) atoms. The molecule has 7 heteroatoms. The molecule has 138 valence electrons. The third-order valence-corrected chi connectivity index (χ3v) is 4.89. The number of carbonyl (C=O) groups is 1. The molecule has 0 spiro atoms. The second kappa shape index (κ2) is 7.58. The Bertz CT molecular complexity index is 603. The van der Waals surface area contributed by atoms with E-state index in [9.17, 15) is 9.90 Å².